The van der Waals surface area contributed by atoms with Crippen molar-refractivity contribution in [2.24, 2.45) is 0 Å². The molecule has 4 rings (SSSR count). The van der Waals surface area contributed by atoms with Crippen molar-refractivity contribution in [1.29, 1.82) is 0 Å². The number of benzene rings is 2. The van der Waals surface area contributed by atoms with Gasteiger partial charge in [0.15, 0.2) is 0 Å². The molecule has 0 amide bonds. The minimum absolute atomic E-state index is 0.269. The van der Waals surface area contributed by atoms with Gasteiger partial charge in [-0.1, -0.05) is 18.2 Å². The lowest BCUT2D eigenvalue weighted by atomic mass is 10.2. The molecule has 1 N–H and O–H groups in total. The summed E-state index contributed by atoms with van der Waals surface area (Å²) in [6.45, 7) is 0. The fraction of sp³-hybridized carbons (Fsp3) is 0.0500. The van der Waals surface area contributed by atoms with Crippen LogP contribution in [0.15, 0.2) is 79.1 Å². The number of nitrogens with zero attached hydrogens (tertiary/aromatic N) is 3. The number of anilines is 1. The first kappa shape index (κ1) is 17.8. The standard InChI is InChI=1S/C20H14F4N4/c21-16-7-1-2-9-18(16)28-19(10-11-25-28)17-8-4-12-27(26-17)15-6-3-5-14(13-15)20(22,23)24/h1-13,26H. The van der Waals surface area contributed by atoms with E-state index < -0.39 is 17.6 Å². The van der Waals surface area contributed by atoms with E-state index in [0.29, 0.717) is 17.1 Å². The Morgan fingerprint density at radius 3 is 2.57 bits per heavy atom. The van der Waals surface area contributed by atoms with E-state index >= 15 is 0 Å². The fourth-order valence-electron chi connectivity index (χ4n) is 2.88. The first-order chi connectivity index (χ1) is 13.4. The summed E-state index contributed by atoms with van der Waals surface area (Å²) >= 11 is 0. The van der Waals surface area contributed by atoms with Crippen molar-refractivity contribution in [1.82, 2.24) is 15.2 Å². The third-order valence-corrected chi connectivity index (χ3v) is 4.19. The molecule has 1 aliphatic rings. The number of nitrogens with one attached hydrogen (secondary N) is 1. The maximum absolute atomic E-state index is 14.2. The third-order valence-electron chi connectivity index (χ3n) is 4.19. The Hall–Kier alpha value is -3.55. The van der Waals surface area contributed by atoms with Crippen LogP contribution < -0.4 is 10.4 Å². The second-order valence-electron chi connectivity index (χ2n) is 6.03. The van der Waals surface area contributed by atoms with Crippen LogP contribution in [0.25, 0.3) is 11.4 Å². The van der Waals surface area contributed by atoms with Gasteiger partial charge in [-0.2, -0.15) is 18.3 Å². The van der Waals surface area contributed by atoms with E-state index in [2.05, 4.69) is 10.5 Å². The lowest BCUT2D eigenvalue weighted by molar-refractivity contribution is -0.137. The topological polar surface area (TPSA) is 33.1 Å². The Balaban J connectivity index is 1.65. The van der Waals surface area contributed by atoms with Crippen LogP contribution in [0.3, 0.4) is 0 Å². The minimum Gasteiger partial charge on any atom is -0.292 e. The highest BCUT2D eigenvalue weighted by molar-refractivity contribution is 5.69. The van der Waals surface area contributed by atoms with E-state index in [9.17, 15) is 17.6 Å². The predicted octanol–water partition coefficient (Wildman–Crippen LogP) is 4.91. The Kier molecular flexibility index (Phi) is 4.38. The van der Waals surface area contributed by atoms with Gasteiger partial charge in [0.25, 0.3) is 0 Å². The molecule has 4 nitrogen and oxygen atoms in total. The molecule has 142 valence electrons. The molecule has 0 saturated heterocycles. The number of para-hydroxylation sites is 1. The number of allylic oxidation sites excluding steroid dienone is 2. The zero-order valence-electron chi connectivity index (χ0n) is 14.4. The molecule has 3 aromatic rings. The molecule has 0 bridgehead atoms. The van der Waals surface area contributed by atoms with Crippen LogP contribution in [0.1, 0.15) is 11.3 Å². The van der Waals surface area contributed by atoms with Gasteiger partial charge in [0.2, 0.25) is 0 Å². The zero-order chi connectivity index (χ0) is 19.7. The molecule has 2 aromatic carbocycles. The van der Waals surface area contributed by atoms with Crippen molar-refractivity contribution < 1.29 is 17.6 Å². The number of rotatable bonds is 3. The Bertz CT molecular complexity index is 1070. The molecule has 28 heavy (non-hydrogen) atoms. The Labute approximate surface area is 158 Å². The molecule has 8 heteroatoms. The molecule has 0 radical (unpaired) electrons. The molecule has 0 spiro atoms. The van der Waals surface area contributed by atoms with Crippen molar-refractivity contribution in [2.75, 3.05) is 5.01 Å². The average Bonchev–Trinajstić information content (AvgIpc) is 3.17. The average molecular weight is 386 g/mol. The van der Waals surface area contributed by atoms with Crippen LogP contribution >= 0.6 is 0 Å². The van der Waals surface area contributed by atoms with Crippen molar-refractivity contribution in [2.45, 2.75) is 6.18 Å². The first-order valence-corrected chi connectivity index (χ1v) is 8.34. The summed E-state index contributed by atoms with van der Waals surface area (Å²) in [4.78, 5) is 0. The van der Waals surface area contributed by atoms with E-state index in [1.54, 1.807) is 48.7 Å². The van der Waals surface area contributed by atoms with Crippen LogP contribution in [-0.4, -0.2) is 9.78 Å². The highest BCUT2D eigenvalue weighted by Gasteiger charge is 2.31. The van der Waals surface area contributed by atoms with Gasteiger partial charge in [-0.3, -0.25) is 10.4 Å². The monoisotopic (exact) mass is 386 g/mol. The summed E-state index contributed by atoms with van der Waals surface area (Å²) in [5.41, 5.74) is 3.99. The minimum atomic E-state index is -4.43. The molecule has 1 aliphatic heterocycles. The van der Waals surface area contributed by atoms with E-state index in [1.807, 2.05) is 0 Å². The number of alkyl halides is 3. The van der Waals surface area contributed by atoms with Crippen molar-refractivity contribution >= 4 is 11.4 Å². The number of halogens is 4. The van der Waals surface area contributed by atoms with Crippen LogP contribution in [0.2, 0.25) is 0 Å². The number of aromatic nitrogens is 2. The van der Waals surface area contributed by atoms with Gasteiger partial charge in [0.05, 0.1) is 28.8 Å². The lowest BCUT2D eigenvalue weighted by Crippen LogP contribution is -2.34. The van der Waals surface area contributed by atoms with Crippen LogP contribution in [0.4, 0.5) is 23.2 Å². The van der Waals surface area contributed by atoms with E-state index in [-0.39, 0.29) is 5.69 Å². The maximum atomic E-state index is 14.2. The molecule has 0 unspecified atom stereocenters. The van der Waals surface area contributed by atoms with E-state index in [1.165, 1.54) is 28.0 Å². The summed E-state index contributed by atoms with van der Waals surface area (Å²) in [7, 11) is 0. The maximum Gasteiger partial charge on any atom is 0.416 e. The highest BCUT2D eigenvalue weighted by Crippen LogP contribution is 2.32. The first-order valence-electron chi connectivity index (χ1n) is 8.34. The van der Waals surface area contributed by atoms with E-state index in [0.717, 1.165) is 12.1 Å². The Morgan fingerprint density at radius 1 is 0.964 bits per heavy atom. The molecular formula is C20H14F4N4. The molecule has 0 aliphatic carbocycles. The SMILES string of the molecule is Fc1ccccc1-n1nccc1C1=CC=CN(c2cccc(C(F)(F)F)c2)N1. The summed E-state index contributed by atoms with van der Waals surface area (Å²) in [6, 6.07) is 12.9. The van der Waals surface area contributed by atoms with Gasteiger partial charge in [0.1, 0.15) is 11.5 Å². The molecule has 1 aromatic heterocycles. The van der Waals surface area contributed by atoms with Crippen molar-refractivity contribution in [3.63, 3.8) is 0 Å². The highest BCUT2D eigenvalue weighted by atomic mass is 19.4. The quantitative estimate of drug-likeness (QED) is 0.650. The van der Waals surface area contributed by atoms with E-state index in [4.69, 9.17) is 0 Å². The second-order valence-corrected chi connectivity index (χ2v) is 6.03. The van der Waals surface area contributed by atoms with Gasteiger partial charge < -0.3 is 0 Å². The third kappa shape index (κ3) is 3.36. The smallest absolute Gasteiger partial charge is 0.292 e. The largest absolute Gasteiger partial charge is 0.416 e. The van der Waals surface area contributed by atoms with Gasteiger partial charge in [-0.25, -0.2) is 9.07 Å². The fourth-order valence-corrected chi connectivity index (χ4v) is 2.88. The number of hydrogen-bond acceptors (Lipinski definition) is 3. The van der Waals surface area contributed by atoms with Crippen molar-refractivity contribution in [3.8, 4) is 5.69 Å². The van der Waals surface area contributed by atoms with Gasteiger partial charge in [0, 0.05) is 6.20 Å². The molecule has 0 atom stereocenters. The van der Waals surface area contributed by atoms with Crippen molar-refractivity contribution in [3.05, 3.63) is 96.2 Å². The second kappa shape index (κ2) is 6.88. The summed E-state index contributed by atoms with van der Waals surface area (Å²) in [5.74, 6) is -0.436. The summed E-state index contributed by atoms with van der Waals surface area (Å²) in [6.07, 6.45) is 2.11. The van der Waals surface area contributed by atoms with Gasteiger partial charge in [-0.05, 0) is 48.6 Å². The normalized spacial score (nSPS) is 14.0. The van der Waals surface area contributed by atoms with Crippen LogP contribution in [0, 0.1) is 5.82 Å². The number of hydrazine groups is 1. The summed E-state index contributed by atoms with van der Waals surface area (Å²) in [5, 5.41) is 5.63. The molecule has 0 fully saturated rings. The Morgan fingerprint density at radius 2 is 1.79 bits per heavy atom. The summed E-state index contributed by atoms with van der Waals surface area (Å²) < 4.78 is 54.6. The predicted molar refractivity (Wildman–Crippen MR) is 97.7 cm³/mol. The van der Waals surface area contributed by atoms with Crippen LogP contribution in [0.5, 0.6) is 0 Å². The number of hydrogen-bond donors (Lipinski definition) is 1. The molecule has 2 heterocycles. The zero-order valence-corrected chi connectivity index (χ0v) is 14.4. The molecule has 0 saturated carbocycles. The molecular weight excluding hydrogens is 372 g/mol. The lowest BCUT2D eigenvalue weighted by Gasteiger charge is -2.27. The van der Waals surface area contributed by atoms with Gasteiger partial charge >= 0.3 is 6.18 Å². The van der Waals surface area contributed by atoms with Crippen LogP contribution in [-0.2, 0) is 6.18 Å². The van der Waals surface area contributed by atoms with Gasteiger partial charge in [-0.15, -0.1) is 0 Å².